The van der Waals surface area contributed by atoms with Crippen LogP contribution in [0.4, 0.5) is 8.78 Å². The van der Waals surface area contributed by atoms with Crippen LogP contribution in [0, 0.1) is 12.3 Å². The average Bonchev–Trinajstić information content (AvgIpc) is 2.34. The molecule has 5 heteroatoms. The van der Waals surface area contributed by atoms with Crippen LogP contribution in [0.1, 0.15) is 36.7 Å². The number of ether oxygens (including phenoxy) is 2. The van der Waals surface area contributed by atoms with Gasteiger partial charge in [0, 0.05) is 5.56 Å². The zero-order valence-electron chi connectivity index (χ0n) is 11.6. The summed E-state index contributed by atoms with van der Waals surface area (Å²) in [4.78, 5) is 12.0. The van der Waals surface area contributed by atoms with Crippen LogP contribution in [0.3, 0.4) is 0 Å². The molecule has 0 unspecified atom stereocenters. The lowest BCUT2D eigenvalue weighted by Gasteiger charge is -2.20. The molecule has 0 bridgehead atoms. The van der Waals surface area contributed by atoms with Gasteiger partial charge in [-0.3, -0.25) is 0 Å². The third-order valence-corrected chi connectivity index (χ3v) is 2.13. The zero-order chi connectivity index (χ0) is 15.3. The molecule has 0 saturated carbocycles. The Kier molecular flexibility index (Phi) is 5.09. The van der Waals surface area contributed by atoms with Crippen molar-refractivity contribution in [2.24, 2.45) is 0 Å². The highest BCUT2D eigenvalue weighted by Gasteiger charge is 2.22. The summed E-state index contributed by atoms with van der Waals surface area (Å²) < 4.78 is 34.5. The van der Waals surface area contributed by atoms with E-state index in [0.29, 0.717) is 5.56 Å². The van der Waals surface area contributed by atoms with Gasteiger partial charge >= 0.3 is 5.97 Å². The van der Waals surface area contributed by atoms with E-state index in [-0.39, 0.29) is 11.3 Å². The third kappa shape index (κ3) is 4.88. The molecule has 20 heavy (non-hydrogen) atoms. The van der Waals surface area contributed by atoms with Gasteiger partial charge in [-0.05, 0) is 39.0 Å². The molecule has 0 fully saturated rings. The van der Waals surface area contributed by atoms with E-state index >= 15 is 0 Å². The second-order valence-corrected chi connectivity index (χ2v) is 5.06. The van der Waals surface area contributed by atoms with E-state index in [1.807, 2.05) is 0 Å². The smallest absolute Gasteiger partial charge is 0.342 e. The topological polar surface area (TPSA) is 35.5 Å². The van der Waals surface area contributed by atoms with Crippen molar-refractivity contribution in [3.63, 3.8) is 0 Å². The fourth-order valence-corrected chi connectivity index (χ4v) is 1.39. The minimum Gasteiger partial charge on any atom is -0.487 e. The van der Waals surface area contributed by atoms with Gasteiger partial charge in [0.15, 0.2) is 0 Å². The van der Waals surface area contributed by atoms with E-state index < -0.39 is 24.6 Å². The highest BCUT2D eigenvalue weighted by molar-refractivity contribution is 5.93. The maximum atomic E-state index is 12.2. The first-order valence-corrected chi connectivity index (χ1v) is 5.98. The summed E-state index contributed by atoms with van der Waals surface area (Å²) in [6.07, 6.45) is 2.62. The molecule has 1 aromatic carbocycles. The maximum Gasteiger partial charge on any atom is 0.342 e. The standard InChI is InChI=1S/C15H16F2O3/c1-5-10-6-7-12(19-9-13(16)17)11(8-10)14(18)20-15(2,3)4/h1,6-8,13H,9H2,2-4H3. The van der Waals surface area contributed by atoms with Gasteiger partial charge < -0.3 is 9.47 Å². The quantitative estimate of drug-likeness (QED) is 0.628. The van der Waals surface area contributed by atoms with Crippen LogP contribution in [-0.4, -0.2) is 24.6 Å². The predicted octanol–water partition coefficient (Wildman–Crippen LogP) is 3.27. The Hall–Kier alpha value is -2.09. The van der Waals surface area contributed by atoms with Crippen LogP contribution < -0.4 is 4.74 Å². The van der Waals surface area contributed by atoms with Crippen molar-refractivity contribution in [1.82, 2.24) is 0 Å². The van der Waals surface area contributed by atoms with Crippen molar-refractivity contribution >= 4 is 5.97 Å². The van der Waals surface area contributed by atoms with Gasteiger partial charge in [0.1, 0.15) is 23.5 Å². The molecule has 0 heterocycles. The molecule has 0 saturated heterocycles. The number of benzene rings is 1. The van der Waals surface area contributed by atoms with Crippen molar-refractivity contribution < 1.29 is 23.0 Å². The van der Waals surface area contributed by atoms with Gasteiger partial charge in [-0.25, -0.2) is 13.6 Å². The number of carbonyl (C=O) groups is 1. The number of carbonyl (C=O) groups excluding carboxylic acids is 1. The Morgan fingerprint density at radius 3 is 2.55 bits per heavy atom. The normalized spacial score (nSPS) is 11.1. The molecule has 0 amide bonds. The average molecular weight is 282 g/mol. The fourth-order valence-electron chi connectivity index (χ4n) is 1.39. The number of esters is 1. The number of halogens is 2. The monoisotopic (exact) mass is 282 g/mol. The Morgan fingerprint density at radius 2 is 2.05 bits per heavy atom. The molecule has 0 aliphatic heterocycles. The lowest BCUT2D eigenvalue weighted by molar-refractivity contribution is 0.00615. The summed E-state index contributed by atoms with van der Waals surface area (Å²) in [5.41, 5.74) is -0.227. The summed E-state index contributed by atoms with van der Waals surface area (Å²) in [6, 6.07) is 4.28. The lowest BCUT2D eigenvalue weighted by atomic mass is 10.1. The minimum absolute atomic E-state index is 0.0264. The first-order chi connectivity index (χ1) is 9.23. The summed E-state index contributed by atoms with van der Waals surface area (Å²) in [6.45, 7) is 4.31. The molecule has 1 rings (SSSR count). The van der Waals surface area contributed by atoms with Crippen LogP contribution in [0.2, 0.25) is 0 Å². The van der Waals surface area contributed by atoms with Gasteiger partial charge in [0.2, 0.25) is 0 Å². The molecule has 0 spiro atoms. The van der Waals surface area contributed by atoms with Crippen LogP contribution in [0.15, 0.2) is 18.2 Å². The first kappa shape index (κ1) is 16.0. The van der Waals surface area contributed by atoms with Crippen molar-refractivity contribution in [3.8, 4) is 18.1 Å². The summed E-state index contributed by atoms with van der Waals surface area (Å²) in [5, 5.41) is 0. The second kappa shape index (κ2) is 6.38. The minimum atomic E-state index is -2.63. The van der Waals surface area contributed by atoms with Gasteiger partial charge in [-0.15, -0.1) is 6.42 Å². The predicted molar refractivity (Wildman–Crippen MR) is 71.0 cm³/mol. The molecule has 108 valence electrons. The lowest BCUT2D eigenvalue weighted by Crippen LogP contribution is -2.24. The van der Waals surface area contributed by atoms with E-state index in [0.717, 1.165) is 0 Å². The number of hydrogen-bond acceptors (Lipinski definition) is 3. The van der Waals surface area contributed by atoms with Crippen molar-refractivity contribution in [2.75, 3.05) is 6.61 Å². The molecular formula is C15H16F2O3. The molecule has 3 nitrogen and oxygen atoms in total. The molecule has 0 aliphatic rings. The first-order valence-electron chi connectivity index (χ1n) is 5.98. The Morgan fingerprint density at radius 1 is 1.40 bits per heavy atom. The maximum absolute atomic E-state index is 12.2. The molecule has 0 N–H and O–H groups in total. The molecule has 1 aromatic rings. The Balaban J connectivity index is 3.06. The number of hydrogen-bond donors (Lipinski definition) is 0. The van der Waals surface area contributed by atoms with E-state index in [4.69, 9.17) is 15.9 Å². The SMILES string of the molecule is C#Cc1ccc(OCC(F)F)c(C(=O)OC(C)(C)C)c1. The number of terminal acetylenes is 1. The van der Waals surface area contributed by atoms with Gasteiger partial charge in [0.05, 0.1) is 0 Å². The van der Waals surface area contributed by atoms with Crippen molar-refractivity contribution in [1.29, 1.82) is 0 Å². The third-order valence-electron chi connectivity index (χ3n) is 2.13. The molecule has 0 aliphatic carbocycles. The van der Waals surface area contributed by atoms with Gasteiger partial charge in [-0.2, -0.15) is 0 Å². The van der Waals surface area contributed by atoms with Crippen molar-refractivity contribution in [3.05, 3.63) is 29.3 Å². The fraction of sp³-hybridized carbons (Fsp3) is 0.400. The second-order valence-electron chi connectivity index (χ2n) is 5.06. The molecule has 0 aromatic heterocycles. The van der Waals surface area contributed by atoms with Crippen LogP contribution in [-0.2, 0) is 4.74 Å². The summed E-state index contributed by atoms with van der Waals surface area (Å²) in [5.74, 6) is 1.72. The molecule has 0 radical (unpaired) electrons. The van der Waals surface area contributed by atoms with E-state index in [1.165, 1.54) is 18.2 Å². The molecule has 0 atom stereocenters. The van der Waals surface area contributed by atoms with E-state index in [1.54, 1.807) is 20.8 Å². The van der Waals surface area contributed by atoms with E-state index in [2.05, 4.69) is 5.92 Å². The van der Waals surface area contributed by atoms with Crippen LogP contribution in [0.5, 0.6) is 5.75 Å². The summed E-state index contributed by atoms with van der Waals surface area (Å²) in [7, 11) is 0. The number of rotatable bonds is 4. The Labute approximate surface area is 116 Å². The highest BCUT2D eigenvalue weighted by atomic mass is 19.3. The largest absolute Gasteiger partial charge is 0.487 e. The van der Waals surface area contributed by atoms with Crippen molar-refractivity contribution in [2.45, 2.75) is 32.8 Å². The van der Waals surface area contributed by atoms with E-state index in [9.17, 15) is 13.6 Å². The van der Waals surface area contributed by atoms with Gasteiger partial charge in [0.25, 0.3) is 6.43 Å². The van der Waals surface area contributed by atoms with Gasteiger partial charge in [-0.1, -0.05) is 5.92 Å². The Bertz CT molecular complexity index is 525. The highest BCUT2D eigenvalue weighted by Crippen LogP contribution is 2.23. The molecular weight excluding hydrogens is 266 g/mol. The summed E-state index contributed by atoms with van der Waals surface area (Å²) >= 11 is 0. The number of alkyl halides is 2. The zero-order valence-corrected chi connectivity index (χ0v) is 11.6. The van der Waals surface area contributed by atoms with Crippen LogP contribution in [0.25, 0.3) is 0 Å². The van der Waals surface area contributed by atoms with Crippen LogP contribution >= 0.6 is 0 Å².